The third kappa shape index (κ3) is 4.35. The van der Waals surface area contributed by atoms with E-state index in [0.29, 0.717) is 19.5 Å². The quantitative estimate of drug-likeness (QED) is 0.669. The van der Waals surface area contributed by atoms with Gasteiger partial charge in [-0.3, -0.25) is 9.69 Å². The Hall–Kier alpha value is -1.49. The van der Waals surface area contributed by atoms with Crippen molar-refractivity contribution in [1.29, 1.82) is 0 Å². The minimum absolute atomic E-state index is 0.188. The molecule has 5 nitrogen and oxygen atoms in total. The largest absolute Gasteiger partial charge is 0.469 e. The van der Waals surface area contributed by atoms with Crippen molar-refractivity contribution in [2.75, 3.05) is 20.2 Å². The summed E-state index contributed by atoms with van der Waals surface area (Å²) in [4.78, 5) is 21.4. The number of rotatable bonds is 6. The lowest BCUT2D eigenvalue weighted by Crippen LogP contribution is -2.26. The zero-order valence-electron chi connectivity index (χ0n) is 9.72. The maximum Gasteiger partial charge on any atom is 0.306 e. The van der Waals surface area contributed by atoms with Gasteiger partial charge in [-0.15, -0.1) is 0 Å². The van der Waals surface area contributed by atoms with Gasteiger partial charge in [-0.05, 0) is 12.6 Å². The molecule has 16 heavy (non-hydrogen) atoms. The number of aromatic nitrogens is 2. The predicted octanol–water partition coefficient (Wildman–Crippen LogP) is 0.862. The predicted molar refractivity (Wildman–Crippen MR) is 59.6 cm³/mol. The summed E-state index contributed by atoms with van der Waals surface area (Å²) in [5.41, 5.74) is 0. The zero-order chi connectivity index (χ0) is 11.8. The van der Waals surface area contributed by atoms with Crippen molar-refractivity contribution in [3.63, 3.8) is 0 Å². The average Bonchev–Trinajstić information content (AvgIpc) is 2.35. The highest BCUT2D eigenvalue weighted by Crippen LogP contribution is 1.99. The molecular formula is C11H17N3O2. The average molecular weight is 223 g/mol. The standard InChI is InChI=1S/C11H17N3O2/c1-3-14(8-5-11(15)16-2)9-10-12-6-4-7-13-10/h4,6-7H,3,5,8-9H2,1-2H3. The molecule has 1 aromatic rings. The summed E-state index contributed by atoms with van der Waals surface area (Å²) in [6.45, 7) is 4.23. The van der Waals surface area contributed by atoms with E-state index in [1.807, 2.05) is 6.92 Å². The van der Waals surface area contributed by atoms with Crippen molar-refractivity contribution in [2.24, 2.45) is 0 Å². The maximum atomic E-state index is 11.0. The molecule has 0 saturated carbocycles. The summed E-state index contributed by atoms with van der Waals surface area (Å²) in [5.74, 6) is 0.585. The molecule has 1 aromatic heterocycles. The lowest BCUT2D eigenvalue weighted by molar-refractivity contribution is -0.141. The Morgan fingerprint density at radius 3 is 2.69 bits per heavy atom. The van der Waals surface area contributed by atoms with E-state index in [9.17, 15) is 4.79 Å². The summed E-state index contributed by atoms with van der Waals surface area (Å²) in [6, 6.07) is 1.79. The fourth-order valence-electron chi connectivity index (χ4n) is 1.31. The van der Waals surface area contributed by atoms with Gasteiger partial charge in [0.1, 0.15) is 5.82 Å². The number of hydrogen-bond donors (Lipinski definition) is 0. The molecule has 0 aliphatic heterocycles. The van der Waals surface area contributed by atoms with Gasteiger partial charge in [0, 0.05) is 18.9 Å². The van der Waals surface area contributed by atoms with Gasteiger partial charge in [0.15, 0.2) is 0 Å². The lowest BCUT2D eigenvalue weighted by Gasteiger charge is -2.18. The second-order valence-corrected chi connectivity index (χ2v) is 3.36. The zero-order valence-corrected chi connectivity index (χ0v) is 9.72. The Bertz CT molecular complexity index is 316. The minimum Gasteiger partial charge on any atom is -0.469 e. The lowest BCUT2D eigenvalue weighted by atomic mass is 10.3. The number of nitrogens with zero attached hydrogens (tertiary/aromatic N) is 3. The first-order valence-corrected chi connectivity index (χ1v) is 5.31. The van der Waals surface area contributed by atoms with Crippen LogP contribution < -0.4 is 0 Å². The van der Waals surface area contributed by atoms with Crippen molar-refractivity contribution < 1.29 is 9.53 Å². The highest BCUT2D eigenvalue weighted by Gasteiger charge is 2.08. The third-order valence-corrected chi connectivity index (χ3v) is 2.29. The van der Waals surface area contributed by atoms with E-state index in [2.05, 4.69) is 19.6 Å². The van der Waals surface area contributed by atoms with Crippen LogP contribution in [0, 0.1) is 0 Å². The second-order valence-electron chi connectivity index (χ2n) is 3.36. The molecule has 5 heteroatoms. The van der Waals surface area contributed by atoms with Crippen LogP contribution in [0.3, 0.4) is 0 Å². The summed E-state index contributed by atoms with van der Waals surface area (Å²) < 4.78 is 4.60. The highest BCUT2D eigenvalue weighted by molar-refractivity contribution is 5.69. The molecule has 0 aliphatic rings. The number of esters is 1. The molecule has 0 atom stereocenters. The summed E-state index contributed by atoms with van der Waals surface area (Å²) in [5, 5.41) is 0. The normalized spacial score (nSPS) is 10.4. The molecule has 0 amide bonds. The van der Waals surface area contributed by atoms with Gasteiger partial charge < -0.3 is 4.74 Å². The van der Waals surface area contributed by atoms with Gasteiger partial charge in [0.25, 0.3) is 0 Å². The highest BCUT2D eigenvalue weighted by atomic mass is 16.5. The van der Waals surface area contributed by atoms with Crippen LogP contribution in [-0.4, -0.2) is 41.0 Å². The maximum absolute atomic E-state index is 11.0. The van der Waals surface area contributed by atoms with Gasteiger partial charge in [-0.25, -0.2) is 9.97 Å². The van der Waals surface area contributed by atoms with E-state index in [1.54, 1.807) is 18.5 Å². The van der Waals surface area contributed by atoms with Gasteiger partial charge in [-0.1, -0.05) is 6.92 Å². The van der Waals surface area contributed by atoms with Crippen LogP contribution in [0.25, 0.3) is 0 Å². The van der Waals surface area contributed by atoms with Crippen LogP contribution in [0.15, 0.2) is 18.5 Å². The van der Waals surface area contributed by atoms with E-state index in [1.165, 1.54) is 7.11 Å². The molecule has 0 N–H and O–H groups in total. The van der Waals surface area contributed by atoms with E-state index >= 15 is 0 Å². The van der Waals surface area contributed by atoms with Crippen LogP contribution in [0.2, 0.25) is 0 Å². The molecule has 0 radical (unpaired) electrons. The number of methoxy groups -OCH3 is 1. The molecular weight excluding hydrogens is 206 g/mol. The fourth-order valence-corrected chi connectivity index (χ4v) is 1.31. The van der Waals surface area contributed by atoms with Gasteiger partial charge >= 0.3 is 5.97 Å². The first-order valence-electron chi connectivity index (χ1n) is 5.31. The molecule has 88 valence electrons. The molecule has 0 unspecified atom stereocenters. The molecule has 0 aromatic carbocycles. The monoisotopic (exact) mass is 223 g/mol. The Labute approximate surface area is 95.5 Å². The van der Waals surface area contributed by atoms with Crippen LogP contribution in [0.5, 0.6) is 0 Å². The Kier molecular flexibility index (Phi) is 5.42. The summed E-state index contributed by atoms with van der Waals surface area (Å²) in [7, 11) is 1.40. The molecule has 0 aliphatic carbocycles. The molecule has 1 heterocycles. The van der Waals surface area contributed by atoms with Crippen molar-refractivity contribution in [1.82, 2.24) is 14.9 Å². The molecule has 1 rings (SSSR count). The number of carbonyl (C=O) groups is 1. The van der Waals surface area contributed by atoms with Crippen molar-refractivity contribution in [3.8, 4) is 0 Å². The first-order chi connectivity index (χ1) is 7.76. The van der Waals surface area contributed by atoms with Crippen molar-refractivity contribution in [2.45, 2.75) is 19.9 Å². The third-order valence-electron chi connectivity index (χ3n) is 2.29. The molecule has 0 saturated heterocycles. The van der Waals surface area contributed by atoms with Crippen LogP contribution in [-0.2, 0) is 16.1 Å². The summed E-state index contributed by atoms with van der Waals surface area (Å²) >= 11 is 0. The number of hydrogen-bond acceptors (Lipinski definition) is 5. The van der Waals surface area contributed by atoms with Gasteiger partial charge in [0.2, 0.25) is 0 Å². The topological polar surface area (TPSA) is 55.3 Å². The van der Waals surface area contributed by atoms with E-state index in [0.717, 1.165) is 12.4 Å². The van der Waals surface area contributed by atoms with Crippen molar-refractivity contribution >= 4 is 5.97 Å². The number of ether oxygens (including phenoxy) is 1. The van der Waals surface area contributed by atoms with Crippen molar-refractivity contribution in [3.05, 3.63) is 24.3 Å². The Morgan fingerprint density at radius 2 is 2.12 bits per heavy atom. The van der Waals surface area contributed by atoms with E-state index < -0.39 is 0 Å². The fraction of sp³-hybridized carbons (Fsp3) is 0.545. The SMILES string of the molecule is CCN(CCC(=O)OC)Cc1ncccn1. The van der Waals surface area contributed by atoms with Crippen LogP contribution >= 0.6 is 0 Å². The second kappa shape index (κ2) is 6.90. The first kappa shape index (κ1) is 12.6. The smallest absolute Gasteiger partial charge is 0.306 e. The van der Waals surface area contributed by atoms with Gasteiger partial charge in [-0.2, -0.15) is 0 Å². The van der Waals surface area contributed by atoms with E-state index in [-0.39, 0.29) is 5.97 Å². The van der Waals surface area contributed by atoms with Crippen LogP contribution in [0.1, 0.15) is 19.2 Å². The Balaban J connectivity index is 2.40. The van der Waals surface area contributed by atoms with Gasteiger partial charge in [0.05, 0.1) is 20.1 Å². The number of carbonyl (C=O) groups excluding carboxylic acids is 1. The molecule has 0 bridgehead atoms. The molecule has 0 spiro atoms. The minimum atomic E-state index is -0.188. The van der Waals surface area contributed by atoms with Crippen LogP contribution in [0.4, 0.5) is 0 Å². The molecule has 0 fully saturated rings. The summed E-state index contributed by atoms with van der Waals surface area (Å²) in [6.07, 6.45) is 3.84. The Morgan fingerprint density at radius 1 is 1.44 bits per heavy atom. The van der Waals surface area contributed by atoms with E-state index in [4.69, 9.17) is 0 Å².